The number of anilines is 2. The lowest BCUT2D eigenvalue weighted by Gasteiger charge is -2.22. The largest absolute Gasteiger partial charge is 0.491 e. The van der Waals surface area contributed by atoms with Crippen molar-refractivity contribution >= 4 is 34.7 Å². The number of aromatic nitrogens is 4. The highest BCUT2D eigenvalue weighted by molar-refractivity contribution is 6.29. The van der Waals surface area contributed by atoms with Gasteiger partial charge in [-0.15, -0.1) is 0 Å². The van der Waals surface area contributed by atoms with Crippen molar-refractivity contribution < 1.29 is 4.74 Å². The zero-order chi connectivity index (χ0) is 24.4. The molecule has 0 spiro atoms. The van der Waals surface area contributed by atoms with Crippen LogP contribution in [0.25, 0.3) is 5.69 Å². The van der Waals surface area contributed by atoms with Gasteiger partial charge in [0.2, 0.25) is 5.28 Å². The maximum atomic E-state index is 6.36. The van der Waals surface area contributed by atoms with Crippen LogP contribution in [-0.2, 0) is 6.42 Å². The Morgan fingerprint density at radius 2 is 1.97 bits per heavy atom. The smallest absolute Gasteiger partial charge is 0.224 e. The summed E-state index contributed by atoms with van der Waals surface area (Å²) in [4.78, 5) is 15.4. The van der Waals surface area contributed by atoms with Gasteiger partial charge in [0.25, 0.3) is 0 Å². The van der Waals surface area contributed by atoms with E-state index < -0.39 is 0 Å². The molecule has 0 radical (unpaired) electrons. The predicted molar refractivity (Wildman–Crippen MR) is 140 cm³/mol. The van der Waals surface area contributed by atoms with Gasteiger partial charge in [-0.05, 0) is 48.6 Å². The molecule has 2 aromatic carbocycles. The Balaban J connectivity index is 1.26. The van der Waals surface area contributed by atoms with Gasteiger partial charge in [0.05, 0.1) is 18.0 Å². The minimum absolute atomic E-state index is 0.251. The van der Waals surface area contributed by atoms with Crippen LogP contribution in [0.15, 0.2) is 61.1 Å². The normalized spacial score (nSPS) is 14.7. The molecule has 1 unspecified atom stereocenters. The van der Waals surface area contributed by atoms with Crippen molar-refractivity contribution in [2.24, 2.45) is 0 Å². The van der Waals surface area contributed by atoms with Crippen LogP contribution in [0.5, 0.6) is 5.75 Å². The molecule has 35 heavy (non-hydrogen) atoms. The first kappa shape index (κ1) is 23.5. The summed E-state index contributed by atoms with van der Waals surface area (Å²) >= 11 is 12.3. The number of nitrogens with zero attached hydrogens (tertiary/aromatic N) is 5. The Hall–Kier alpha value is -3.29. The first-order valence-electron chi connectivity index (χ1n) is 11.5. The molecular weight excluding hydrogens is 483 g/mol. The van der Waals surface area contributed by atoms with E-state index in [0.717, 1.165) is 43.0 Å². The molecule has 180 valence electrons. The Kier molecular flexibility index (Phi) is 6.79. The van der Waals surface area contributed by atoms with E-state index in [1.54, 1.807) is 12.5 Å². The van der Waals surface area contributed by atoms with Crippen LogP contribution in [0.4, 0.5) is 11.5 Å². The highest BCUT2D eigenvalue weighted by Gasteiger charge is 2.30. The molecule has 0 bridgehead atoms. The van der Waals surface area contributed by atoms with E-state index in [2.05, 4.69) is 44.1 Å². The molecule has 2 heterocycles. The molecule has 0 fully saturated rings. The number of benzene rings is 2. The second kappa shape index (κ2) is 10.1. The predicted octanol–water partition coefficient (Wildman–Crippen LogP) is 5.53. The summed E-state index contributed by atoms with van der Waals surface area (Å²) in [6, 6.07) is 16.0. The van der Waals surface area contributed by atoms with Gasteiger partial charge >= 0.3 is 0 Å². The Bertz CT molecular complexity index is 1330. The van der Waals surface area contributed by atoms with Crippen molar-refractivity contribution in [2.45, 2.75) is 25.2 Å². The lowest BCUT2D eigenvalue weighted by atomic mass is 9.97. The highest BCUT2D eigenvalue weighted by Crippen LogP contribution is 2.40. The number of ether oxygens (including phenoxy) is 1. The molecule has 2 aromatic heterocycles. The summed E-state index contributed by atoms with van der Waals surface area (Å²) in [6.45, 7) is 1.27. The van der Waals surface area contributed by atoms with Crippen LogP contribution < -0.4 is 15.4 Å². The van der Waals surface area contributed by atoms with Crippen molar-refractivity contribution in [3.8, 4) is 11.4 Å². The minimum atomic E-state index is 0.251. The van der Waals surface area contributed by atoms with Gasteiger partial charge < -0.3 is 19.9 Å². The number of nitrogen functional groups attached to an aromatic ring is 1. The molecule has 0 saturated carbocycles. The van der Waals surface area contributed by atoms with Crippen molar-refractivity contribution in [3.63, 3.8) is 0 Å². The summed E-state index contributed by atoms with van der Waals surface area (Å²) in [5, 5.41) is 0.702. The monoisotopic (exact) mass is 508 g/mol. The number of imidazole rings is 1. The average molecular weight is 509 g/mol. The van der Waals surface area contributed by atoms with Gasteiger partial charge in [-0.25, -0.2) is 15.0 Å². The SMILES string of the molecule is CN(CCCOc1cc(N)ccc1-n1cnc(Cl)c1)c1nc(Cl)nc2c1CCC2c1ccccc1. The molecule has 4 aromatic rings. The summed E-state index contributed by atoms with van der Waals surface area (Å²) in [5.74, 6) is 1.83. The highest BCUT2D eigenvalue weighted by atomic mass is 35.5. The van der Waals surface area contributed by atoms with Crippen molar-refractivity contribution in [2.75, 3.05) is 30.8 Å². The summed E-state index contributed by atoms with van der Waals surface area (Å²) in [6.07, 6.45) is 6.11. The molecule has 1 aliphatic rings. The topological polar surface area (TPSA) is 82.1 Å². The molecule has 1 aliphatic carbocycles. The summed E-state index contributed by atoms with van der Waals surface area (Å²) in [7, 11) is 2.04. The molecule has 5 rings (SSSR count). The lowest BCUT2D eigenvalue weighted by Crippen LogP contribution is -2.23. The third-order valence-electron chi connectivity index (χ3n) is 6.28. The number of nitrogens with two attached hydrogens (primary N) is 1. The standard InChI is InChI=1S/C26H26Cl2N6O/c1-33(12-5-13-35-22-14-18(29)8-11-21(22)34-15-23(27)30-16-34)25-20-10-9-19(17-6-3-2-4-7-17)24(20)31-26(28)32-25/h2-4,6-8,11,14-16,19H,5,9-10,12-13,29H2,1H3. The molecule has 0 aliphatic heterocycles. The van der Waals surface area contributed by atoms with Crippen LogP contribution in [0.1, 0.15) is 35.6 Å². The van der Waals surface area contributed by atoms with Gasteiger partial charge in [-0.2, -0.15) is 0 Å². The fraction of sp³-hybridized carbons (Fsp3) is 0.269. The lowest BCUT2D eigenvalue weighted by molar-refractivity contribution is 0.311. The summed E-state index contributed by atoms with van der Waals surface area (Å²) in [5.41, 5.74) is 10.9. The zero-order valence-electron chi connectivity index (χ0n) is 19.4. The first-order chi connectivity index (χ1) is 17.0. The van der Waals surface area contributed by atoms with Crippen molar-refractivity contribution in [1.29, 1.82) is 0 Å². The van der Waals surface area contributed by atoms with E-state index >= 15 is 0 Å². The number of halogens is 2. The number of hydrogen-bond donors (Lipinski definition) is 1. The van der Waals surface area contributed by atoms with Crippen LogP contribution in [0.2, 0.25) is 10.4 Å². The third-order valence-corrected chi connectivity index (χ3v) is 6.64. The fourth-order valence-corrected chi connectivity index (χ4v) is 4.94. The van der Waals surface area contributed by atoms with Crippen LogP contribution in [0.3, 0.4) is 0 Å². The number of fused-ring (bicyclic) bond motifs is 1. The zero-order valence-corrected chi connectivity index (χ0v) is 20.9. The quantitative estimate of drug-likeness (QED) is 0.191. The van der Waals surface area contributed by atoms with E-state index in [0.29, 0.717) is 23.2 Å². The second-order valence-corrected chi connectivity index (χ2v) is 9.36. The number of hydrogen-bond acceptors (Lipinski definition) is 6. The van der Waals surface area contributed by atoms with Crippen LogP contribution in [-0.4, -0.2) is 39.7 Å². The van der Waals surface area contributed by atoms with Gasteiger partial charge in [-0.1, -0.05) is 41.9 Å². The van der Waals surface area contributed by atoms with E-state index in [-0.39, 0.29) is 11.2 Å². The molecule has 7 nitrogen and oxygen atoms in total. The average Bonchev–Trinajstić information content (AvgIpc) is 3.48. The third kappa shape index (κ3) is 5.06. The maximum absolute atomic E-state index is 6.36. The summed E-state index contributed by atoms with van der Waals surface area (Å²) < 4.78 is 7.92. The van der Waals surface area contributed by atoms with Gasteiger partial charge in [0.1, 0.15) is 23.0 Å². The van der Waals surface area contributed by atoms with Crippen molar-refractivity contribution in [1.82, 2.24) is 19.5 Å². The van der Waals surface area contributed by atoms with E-state index in [1.165, 1.54) is 11.1 Å². The van der Waals surface area contributed by atoms with Crippen molar-refractivity contribution in [3.05, 3.63) is 88.3 Å². The maximum Gasteiger partial charge on any atom is 0.224 e. The van der Waals surface area contributed by atoms with Crippen LogP contribution in [0, 0.1) is 0 Å². The molecule has 0 saturated heterocycles. The molecule has 9 heteroatoms. The molecule has 1 atom stereocenters. The molecular formula is C26H26Cl2N6O. The van der Waals surface area contributed by atoms with E-state index in [1.807, 2.05) is 35.9 Å². The first-order valence-corrected chi connectivity index (χ1v) is 12.3. The molecule has 0 amide bonds. The van der Waals surface area contributed by atoms with E-state index in [9.17, 15) is 0 Å². The van der Waals surface area contributed by atoms with Gasteiger partial charge in [-0.3, -0.25) is 0 Å². The van der Waals surface area contributed by atoms with Crippen LogP contribution >= 0.6 is 23.2 Å². The molecule has 2 N–H and O–H groups in total. The number of rotatable bonds is 8. The fourth-order valence-electron chi connectivity index (χ4n) is 4.62. The van der Waals surface area contributed by atoms with Gasteiger partial charge in [0.15, 0.2) is 0 Å². The minimum Gasteiger partial charge on any atom is -0.491 e. The Morgan fingerprint density at radius 3 is 2.74 bits per heavy atom. The Labute approximate surface area is 214 Å². The Morgan fingerprint density at radius 1 is 1.14 bits per heavy atom. The van der Waals surface area contributed by atoms with Gasteiger partial charge in [0, 0.05) is 43.0 Å². The van der Waals surface area contributed by atoms with E-state index in [4.69, 9.17) is 33.7 Å². The second-order valence-electron chi connectivity index (χ2n) is 8.64.